The Morgan fingerprint density at radius 1 is 0.542 bits per heavy atom. The molecule has 0 aliphatic heterocycles. The predicted molar refractivity (Wildman–Crippen MR) is 246 cm³/mol. The van der Waals surface area contributed by atoms with E-state index in [1.165, 1.54) is 38.4 Å². The fraction of sp³-hybridized carbons (Fsp3) is 0.259. The number of benzene rings is 6. The molecule has 0 saturated carbocycles. The van der Waals surface area contributed by atoms with Crippen molar-refractivity contribution in [3.8, 4) is 34.4 Å². The van der Waals surface area contributed by atoms with Gasteiger partial charge < -0.3 is 4.74 Å². The molecule has 0 amide bonds. The van der Waals surface area contributed by atoms with Crippen molar-refractivity contribution in [2.75, 3.05) is 0 Å². The van der Waals surface area contributed by atoms with Crippen molar-refractivity contribution < 1.29 is 4.74 Å². The highest BCUT2D eigenvalue weighted by Crippen LogP contribution is 2.55. The van der Waals surface area contributed by atoms with E-state index in [2.05, 4.69) is 206 Å². The fourth-order valence-electron chi connectivity index (χ4n) is 9.33. The second-order valence-corrected chi connectivity index (χ2v) is 19.7. The third-order valence-electron chi connectivity index (χ3n) is 13.4. The first-order valence-corrected chi connectivity index (χ1v) is 20.9. The first-order chi connectivity index (χ1) is 28.0. The number of imidazole rings is 1. The highest BCUT2D eigenvalue weighted by Gasteiger charge is 2.47. The zero-order chi connectivity index (χ0) is 41.2. The summed E-state index contributed by atoms with van der Waals surface area (Å²) in [6.07, 6.45) is 1.93. The predicted octanol–water partition coefficient (Wildman–Crippen LogP) is 14.3. The smallest absolute Gasteiger partial charge is 0.145 e. The number of rotatable bonds is 5. The summed E-state index contributed by atoms with van der Waals surface area (Å²) >= 11 is 0. The number of nitrogens with zero attached hydrogens (tertiary/aromatic N) is 4. The first kappa shape index (κ1) is 37.1. The van der Waals surface area contributed by atoms with Gasteiger partial charge >= 0.3 is 0 Å². The molecule has 0 radical (unpaired) electrons. The molecule has 6 aromatic carbocycles. The van der Waals surface area contributed by atoms with E-state index in [0.29, 0.717) is 0 Å². The van der Waals surface area contributed by atoms with Gasteiger partial charge in [0.05, 0.1) is 22.1 Å². The Hall–Kier alpha value is -6.20. The third-order valence-corrected chi connectivity index (χ3v) is 13.4. The molecule has 3 aromatic heterocycles. The van der Waals surface area contributed by atoms with Crippen LogP contribution in [0.4, 0.5) is 0 Å². The van der Waals surface area contributed by atoms with E-state index in [4.69, 9.17) is 14.7 Å². The summed E-state index contributed by atoms with van der Waals surface area (Å²) < 4.78 is 11.6. The Kier molecular flexibility index (Phi) is 7.95. The number of ether oxygens (including phenoxy) is 1. The van der Waals surface area contributed by atoms with Crippen LogP contribution in [0.25, 0.3) is 66.5 Å². The van der Waals surface area contributed by atoms with Crippen LogP contribution in [0.2, 0.25) is 0 Å². The maximum absolute atomic E-state index is 6.95. The average molecular weight is 773 g/mol. The van der Waals surface area contributed by atoms with Crippen LogP contribution < -0.4 is 4.74 Å². The summed E-state index contributed by atoms with van der Waals surface area (Å²) in [7, 11) is 0. The van der Waals surface area contributed by atoms with E-state index in [0.717, 1.165) is 61.8 Å². The molecule has 0 atom stereocenters. The number of hydrogen-bond acceptors (Lipinski definition) is 3. The monoisotopic (exact) mass is 772 g/mol. The number of fused-ring (bicyclic) bond motifs is 4. The maximum Gasteiger partial charge on any atom is 0.145 e. The fourth-order valence-corrected chi connectivity index (χ4v) is 9.33. The minimum atomic E-state index is -0.147. The van der Waals surface area contributed by atoms with E-state index in [-0.39, 0.29) is 21.7 Å². The lowest BCUT2D eigenvalue weighted by atomic mass is 9.66. The van der Waals surface area contributed by atoms with E-state index in [9.17, 15) is 0 Å². The molecule has 3 heterocycles. The van der Waals surface area contributed by atoms with E-state index < -0.39 is 0 Å². The van der Waals surface area contributed by atoms with Crippen molar-refractivity contribution in [1.29, 1.82) is 0 Å². The van der Waals surface area contributed by atoms with Gasteiger partial charge in [0.2, 0.25) is 0 Å². The molecule has 0 unspecified atom stereocenters. The van der Waals surface area contributed by atoms with Gasteiger partial charge in [-0.3, -0.25) is 9.13 Å². The van der Waals surface area contributed by atoms with E-state index in [1.807, 2.05) is 6.20 Å². The van der Waals surface area contributed by atoms with Gasteiger partial charge in [-0.2, -0.15) is 0 Å². The van der Waals surface area contributed by atoms with Gasteiger partial charge in [0.15, 0.2) is 0 Å². The second-order valence-electron chi connectivity index (χ2n) is 19.7. The van der Waals surface area contributed by atoms with E-state index >= 15 is 0 Å². The minimum Gasteiger partial charge on any atom is -0.457 e. The molecule has 1 aliphatic rings. The van der Waals surface area contributed by atoms with Crippen LogP contribution in [0.5, 0.6) is 11.5 Å². The van der Waals surface area contributed by atoms with Crippen LogP contribution in [0.15, 0.2) is 134 Å². The molecule has 1 aliphatic carbocycles. The lowest BCUT2D eigenvalue weighted by molar-refractivity contribution is 0.322. The topological polar surface area (TPSA) is 44.9 Å². The molecule has 59 heavy (non-hydrogen) atoms. The summed E-state index contributed by atoms with van der Waals surface area (Å²) in [6, 6.07) is 46.0. The molecular formula is C54H52N4O. The summed E-state index contributed by atoms with van der Waals surface area (Å²) in [5.74, 6) is 3.31. The Labute approximate surface area is 347 Å². The summed E-state index contributed by atoms with van der Waals surface area (Å²) in [6.45, 7) is 23.1. The molecule has 9 aromatic rings. The SMILES string of the molecule is CC(C)(C)c1cc(Oc2ccc3c4ccccc4n(-c4cc(C(C)(C)C)ccn4)c3c2)cc(-c2nc3ccccc3n2-c2cc3c4c(cccc4c2)C(C)(C)C3(C)C)c1. The van der Waals surface area contributed by atoms with Gasteiger partial charge in [0.1, 0.15) is 23.1 Å². The largest absolute Gasteiger partial charge is 0.457 e. The van der Waals surface area contributed by atoms with Gasteiger partial charge in [-0.05, 0) is 127 Å². The zero-order valence-electron chi connectivity index (χ0n) is 35.9. The summed E-state index contributed by atoms with van der Waals surface area (Å²) in [5, 5.41) is 4.99. The molecule has 294 valence electrons. The maximum atomic E-state index is 6.95. The van der Waals surface area contributed by atoms with Gasteiger partial charge in [-0.15, -0.1) is 0 Å². The molecule has 5 nitrogen and oxygen atoms in total. The van der Waals surface area contributed by atoms with Crippen molar-refractivity contribution in [2.45, 2.75) is 90.9 Å². The van der Waals surface area contributed by atoms with Crippen LogP contribution in [0, 0.1) is 0 Å². The van der Waals surface area contributed by atoms with Crippen molar-refractivity contribution in [3.63, 3.8) is 0 Å². The third kappa shape index (κ3) is 5.72. The average Bonchev–Trinajstić information content (AvgIpc) is 3.80. The van der Waals surface area contributed by atoms with Crippen LogP contribution in [-0.4, -0.2) is 19.1 Å². The molecule has 0 saturated heterocycles. The molecule has 0 bridgehead atoms. The van der Waals surface area contributed by atoms with Crippen molar-refractivity contribution in [3.05, 3.63) is 156 Å². The number of hydrogen-bond donors (Lipinski definition) is 0. The van der Waals surface area contributed by atoms with Gasteiger partial charge in [-0.1, -0.05) is 118 Å². The molecule has 5 heteroatoms. The Balaban J connectivity index is 1.14. The normalized spacial score (nSPS) is 14.9. The van der Waals surface area contributed by atoms with Gasteiger partial charge in [0, 0.05) is 34.3 Å². The molecule has 0 spiro atoms. The van der Waals surface area contributed by atoms with Crippen LogP contribution >= 0.6 is 0 Å². The lowest BCUT2D eigenvalue weighted by Crippen LogP contribution is -2.35. The number of aromatic nitrogens is 4. The molecule has 10 rings (SSSR count). The van der Waals surface area contributed by atoms with Crippen LogP contribution in [0.1, 0.15) is 91.5 Å². The highest BCUT2D eigenvalue weighted by atomic mass is 16.5. The molecule has 0 fully saturated rings. The van der Waals surface area contributed by atoms with Gasteiger partial charge in [0.25, 0.3) is 0 Å². The molecular weight excluding hydrogens is 721 g/mol. The lowest BCUT2D eigenvalue weighted by Gasteiger charge is -2.37. The Bertz CT molecular complexity index is 3160. The standard InChI is InChI=1S/C54H52N4O/c1-51(2,3)35-24-25-55-48(30-35)58-45-20-13-11-17-40(45)41-23-22-38(32-47(41)58)59-39-28-34(26-36(29-39)52(4,5)6)50-56-44-19-12-14-21-46(44)57(50)37-27-33-16-15-18-42-49(33)43(31-37)54(9,10)53(42,7)8/h11-32H,1-10H3. The number of pyridine rings is 1. The van der Waals surface area contributed by atoms with Gasteiger partial charge in [-0.25, -0.2) is 9.97 Å². The number of para-hydroxylation sites is 3. The van der Waals surface area contributed by atoms with Crippen molar-refractivity contribution in [2.24, 2.45) is 0 Å². The highest BCUT2D eigenvalue weighted by molar-refractivity contribution is 6.09. The zero-order valence-corrected chi connectivity index (χ0v) is 35.9. The van der Waals surface area contributed by atoms with E-state index in [1.54, 1.807) is 0 Å². The summed E-state index contributed by atoms with van der Waals surface area (Å²) in [5.41, 5.74) is 11.3. The summed E-state index contributed by atoms with van der Waals surface area (Å²) in [4.78, 5) is 10.3. The first-order valence-electron chi connectivity index (χ1n) is 20.9. The van der Waals surface area contributed by atoms with Crippen molar-refractivity contribution in [1.82, 2.24) is 19.1 Å². The molecule has 0 N–H and O–H groups in total. The van der Waals surface area contributed by atoms with Crippen LogP contribution in [-0.2, 0) is 21.7 Å². The Morgan fingerprint density at radius 3 is 2.03 bits per heavy atom. The Morgan fingerprint density at radius 2 is 1.25 bits per heavy atom. The van der Waals surface area contributed by atoms with Crippen molar-refractivity contribution >= 4 is 43.6 Å². The minimum absolute atomic E-state index is 0.00899. The second kappa shape index (κ2) is 12.6. The quantitative estimate of drug-likeness (QED) is 0.175. The van der Waals surface area contributed by atoms with Crippen LogP contribution in [0.3, 0.4) is 0 Å².